The van der Waals surface area contributed by atoms with Crippen molar-refractivity contribution in [1.29, 1.82) is 0 Å². The first-order valence-corrected chi connectivity index (χ1v) is 7.08. The van der Waals surface area contributed by atoms with E-state index in [1.807, 2.05) is 0 Å². The highest BCUT2D eigenvalue weighted by molar-refractivity contribution is 7.79. The van der Waals surface area contributed by atoms with Crippen LogP contribution in [0.4, 0.5) is 0 Å². The molecule has 0 aromatic carbocycles. The molecule has 0 aliphatic heterocycles. The molecule has 3 nitrogen and oxygen atoms in total. The molecule has 2 unspecified atom stereocenters. The van der Waals surface area contributed by atoms with Crippen molar-refractivity contribution in [1.82, 2.24) is 0 Å². The fourth-order valence-corrected chi connectivity index (χ4v) is 1.78. The molecule has 0 fully saturated rings. The quantitative estimate of drug-likeness (QED) is 0.432. The summed E-state index contributed by atoms with van der Waals surface area (Å²) in [6.45, 7) is 5.71. The summed E-state index contributed by atoms with van der Waals surface area (Å²) in [5.74, 6) is 0.855. The third kappa shape index (κ3) is 10.4. The minimum absolute atomic E-state index is 0.214. The van der Waals surface area contributed by atoms with Gasteiger partial charge in [-0.3, -0.25) is 4.21 Å². The van der Waals surface area contributed by atoms with E-state index in [2.05, 4.69) is 13.8 Å². The lowest BCUT2D eigenvalue weighted by Gasteiger charge is -2.14. The van der Waals surface area contributed by atoms with Crippen LogP contribution in [0.2, 0.25) is 0 Å². The topological polar surface area (TPSA) is 49.4 Å². The van der Waals surface area contributed by atoms with Gasteiger partial charge in [-0.1, -0.05) is 44.2 Å². The first kappa shape index (κ1) is 15.1. The van der Waals surface area contributed by atoms with E-state index in [-0.39, 0.29) is 5.75 Å². The van der Waals surface area contributed by atoms with Crippen molar-refractivity contribution >= 4 is 11.1 Å². The first-order chi connectivity index (χ1) is 7.20. The predicted molar refractivity (Wildman–Crippen MR) is 62.5 cm³/mol. The van der Waals surface area contributed by atoms with Crippen molar-refractivity contribution in [3.63, 3.8) is 0 Å². The highest BCUT2D eigenvalue weighted by Gasteiger charge is 2.05. The van der Waals surface area contributed by atoms with Crippen LogP contribution in [-0.4, -0.2) is 27.7 Å². The zero-order chi connectivity index (χ0) is 11.5. The number of hydrogen-bond acceptors (Lipinski definition) is 3. The average molecular weight is 235 g/mol. The third-order valence-electron chi connectivity index (χ3n) is 2.50. The van der Waals surface area contributed by atoms with Gasteiger partial charge in [0.15, 0.2) is 0 Å². The third-order valence-corrected chi connectivity index (χ3v) is 3.12. The summed E-state index contributed by atoms with van der Waals surface area (Å²) in [5.41, 5.74) is 0. The van der Waals surface area contributed by atoms with Gasteiger partial charge in [0.05, 0.1) is 0 Å². The van der Waals surface area contributed by atoms with E-state index < -0.39 is 11.1 Å². The maximum atomic E-state index is 10.2. The summed E-state index contributed by atoms with van der Waals surface area (Å²) in [5, 5.41) is 0. The molecule has 0 spiro atoms. The van der Waals surface area contributed by atoms with Gasteiger partial charge in [-0.2, -0.15) is 0 Å². The molecular formula is C11H23O3S-. The molecular weight excluding hydrogens is 212 g/mol. The summed E-state index contributed by atoms with van der Waals surface area (Å²) in [4.78, 5) is 0. The van der Waals surface area contributed by atoms with Gasteiger partial charge in [0, 0.05) is 19.0 Å². The highest BCUT2D eigenvalue weighted by Crippen LogP contribution is 2.12. The molecule has 15 heavy (non-hydrogen) atoms. The van der Waals surface area contributed by atoms with Crippen LogP contribution in [0, 0.1) is 5.92 Å². The Labute approximate surface area is 95.9 Å². The second kappa shape index (κ2) is 10.6. The maximum Gasteiger partial charge on any atom is 0.0494 e. The van der Waals surface area contributed by atoms with Crippen LogP contribution in [0.1, 0.15) is 46.0 Å². The molecule has 0 radical (unpaired) electrons. The van der Waals surface area contributed by atoms with Crippen LogP contribution < -0.4 is 0 Å². The van der Waals surface area contributed by atoms with Crippen molar-refractivity contribution in [2.75, 3.05) is 19.0 Å². The molecule has 0 N–H and O–H groups in total. The largest absolute Gasteiger partial charge is 0.772 e. The van der Waals surface area contributed by atoms with Crippen molar-refractivity contribution in [2.45, 2.75) is 46.0 Å². The molecule has 92 valence electrons. The summed E-state index contributed by atoms with van der Waals surface area (Å²) in [6.07, 6.45) is 5.46. The normalized spacial score (nSPS) is 15.1. The molecule has 0 aromatic heterocycles. The van der Waals surface area contributed by atoms with Crippen LogP contribution in [0.15, 0.2) is 0 Å². The van der Waals surface area contributed by atoms with Crippen molar-refractivity contribution in [3.8, 4) is 0 Å². The summed E-state index contributed by atoms with van der Waals surface area (Å²) >= 11 is -1.92. The van der Waals surface area contributed by atoms with Crippen molar-refractivity contribution < 1.29 is 13.5 Å². The lowest BCUT2D eigenvalue weighted by molar-refractivity contribution is 0.0947. The average Bonchev–Trinajstić information content (AvgIpc) is 2.21. The SMILES string of the molecule is CCCCC(CC)COCCCS(=O)[O-]. The lowest BCUT2D eigenvalue weighted by atomic mass is 10.0. The van der Waals surface area contributed by atoms with Crippen LogP contribution in [-0.2, 0) is 15.8 Å². The van der Waals surface area contributed by atoms with Gasteiger partial charge in [-0.15, -0.1) is 0 Å². The summed E-state index contributed by atoms with van der Waals surface area (Å²) in [7, 11) is 0. The van der Waals surface area contributed by atoms with Gasteiger partial charge in [0.2, 0.25) is 0 Å². The minimum Gasteiger partial charge on any atom is -0.772 e. The Bertz CT molecular complexity index is 162. The molecule has 0 bridgehead atoms. The monoisotopic (exact) mass is 235 g/mol. The molecule has 0 amide bonds. The minimum atomic E-state index is -1.92. The van der Waals surface area contributed by atoms with Gasteiger partial charge in [-0.05, 0) is 18.8 Å². The first-order valence-electron chi connectivity index (χ1n) is 5.84. The van der Waals surface area contributed by atoms with Crippen LogP contribution >= 0.6 is 0 Å². The van der Waals surface area contributed by atoms with Crippen LogP contribution in [0.25, 0.3) is 0 Å². The van der Waals surface area contributed by atoms with E-state index in [0.29, 0.717) is 18.9 Å². The smallest absolute Gasteiger partial charge is 0.0494 e. The number of hydrogen-bond donors (Lipinski definition) is 0. The summed E-state index contributed by atoms with van der Waals surface area (Å²) in [6, 6.07) is 0. The lowest BCUT2D eigenvalue weighted by Crippen LogP contribution is -2.11. The molecule has 0 saturated carbocycles. The zero-order valence-electron chi connectivity index (χ0n) is 9.87. The fraction of sp³-hybridized carbons (Fsp3) is 1.00. The molecule has 0 aliphatic rings. The van der Waals surface area contributed by atoms with E-state index in [4.69, 9.17) is 4.74 Å². The Kier molecular flexibility index (Phi) is 10.6. The second-order valence-corrected chi connectivity index (χ2v) is 4.87. The van der Waals surface area contributed by atoms with E-state index in [1.165, 1.54) is 19.3 Å². The van der Waals surface area contributed by atoms with Gasteiger partial charge in [-0.25, -0.2) is 0 Å². The molecule has 2 atom stereocenters. The number of rotatable bonds is 10. The standard InChI is InChI=1S/C11H24O3S/c1-3-5-7-11(4-2)10-14-8-6-9-15(12)13/h11H,3-10H2,1-2H3,(H,12,13)/p-1. The Balaban J connectivity index is 3.33. The second-order valence-electron chi connectivity index (χ2n) is 3.85. The van der Waals surface area contributed by atoms with Gasteiger partial charge >= 0.3 is 0 Å². The van der Waals surface area contributed by atoms with E-state index in [0.717, 1.165) is 13.0 Å². The Hall–Kier alpha value is 0.0700. The van der Waals surface area contributed by atoms with E-state index >= 15 is 0 Å². The van der Waals surface area contributed by atoms with Gasteiger partial charge in [0.1, 0.15) is 0 Å². The Morgan fingerprint density at radius 1 is 1.33 bits per heavy atom. The van der Waals surface area contributed by atoms with E-state index in [9.17, 15) is 8.76 Å². The maximum absolute atomic E-state index is 10.2. The molecule has 4 heteroatoms. The molecule has 0 aliphatic carbocycles. The molecule has 0 heterocycles. The number of ether oxygens (including phenoxy) is 1. The Morgan fingerprint density at radius 3 is 2.60 bits per heavy atom. The van der Waals surface area contributed by atoms with E-state index in [1.54, 1.807) is 0 Å². The molecule has 0 rings (SSSR count). The number of unbranched alkanes of at least 4 members (excludes halogenated alkanes) is 1. The zero-order valence-corrected chi connectivity index (χ0v) is 10.7. The molecule has 0 aromatic rings. The van der Waals surface area contributed by atoms with Crippen LogP contribution in [0.5, 0.6) is 0 Å². The van der Waals surface area contributed by atoms with Gasteiger partial charge in [0.25, 0.3) is 0 Å². The van der Waals surface area contributed by atoms with Crippen LogP contribution in [0.3, 0.4) is 0 Å². The van der Waals surface area contributed by atoms with Crippen molar-refractivity contribution in [3.05, 3.63) is 0 Å². The summed E-state index contributed by atoms with van der Waals surface area (Å²) < 4.78 is 25.9. The molecule has 0 saturated heterocycles. The fourth-order valence-electron chi connectivity index (χ4n) is 1.43. The Morgan fingerprint density at radius 2 is 2.07 bits per heavy atom. The predicted octanol–water partition coefficient (Wildman–Crippen LogP) is 2.49. The van der Waals surface area contributed by atoms with Crippen molar-refractivity contribution in [2.24, 2.45) is 5.92 Å². The van der Waals surface area contributed by atoms with Gasteiger partial charge < -0.3 is 9.29 Å². The highest BCUT2D eigenvalue weighted by atomic mass is 32.2.